The average molecular weight is 311 g/mol. The summed E-state index contributed by atoms with van der Waals surface area (Å²) in [6, 6.07) is 3.21. The number of nitrogens with zero attached hydrogens (tertiary/aromatic N) is 3. The van der Waals surface area contributed by atoms with Crippen molar-refractivity contribution in [2.75, 3.05) is 0 Å². The van der Waals surface area contributed by atoms with Crippen molar-refractivity contribution in [1.82, 2.24) is 14.8 Å². The van der Waals surface area contributed by atoms with Gasteiger partial charge in [-0.3, -0.25) is 4.57 Å². The molecule has 0 radical (unpaired) electrons. The molecule has 0 spiro atoms. The van der Waals surface area contributed by atoms with Crippen LogP contribution in [0.25, 0.3) is 5.69 Å². The Bertz CT molecular complexity index is 565. The Morgan fingerprint density at radius 2 is 1.65 bits per heavy atom. The van der Waals surface area contributed by atoms with Crippen LogP contribution in [0.1, 0.15) is 12.7 Å². The van der Waals surface area contributed by atoms with Crippen LogP contribution in [0.4, 0.5) is 0 Å². The fourth-order valence-electron chi connectivity index (χ4n) is 1.45. The van der Waals surface area contributed by atoms with Gasteiger partial charge in [0.15, 0.2) is 0 Å². The van der Waals surface area contributed by atoms with E-state index in [0.29, 0.717) is 33.0 Å². The molecule has 0 bridgehead atoms. The lowest BCUT2D eigenvalue weighted by molar-refractivity contribution is 0.883. The first-order valence-electron chi connectivity index (χ1n) is 4.79. The summed E-state index contributed by atoms with van der Waals surface area (Å²) < 4.78 is 1.64. The Labute approximate surface area is 118 Å². The van der Waals surface area contributed by atoms with Gasteiger partial charge in [-0.05, 0) is 23.7 Å². The van der Waals surface area contributed by atoms with Crippen molar-refractivity contribution in [3.05, 3.63) is 38.3 Å². The molecule has 7 heteroatoms. The van der Waals surface area contributed by atoms with Crippen LogP contribution in [0.3, 0.4) is 0 Å². The smallest absolute Gasteiger partial charge is 0.229 e. The van der Waals surface area contributed by atoms with Crippen molar-refractivity contribution >= 4 is 46.4 Å². The topological polar surface area (TPSA) is 30.7 Å². The Morgan fingerprint density at radius 1 is 1.00 bits per heavy atom. The number of benzene rings is 1. The molecule has 0 aliphatic rings. The van der Waals surface area contributed by atoms with Crippen LogP contribution >= 0.6 is 46.4 Å². The fourth-order valence-corrected chi connectivity index (χ4v) is 2.30. The Hall–Kier alpha value is -0.480. The van der Waals surface area contributed by atoms with Gasteiger partial charge < -0.3 is 0 Å². The largest absolute Gasteiger partial charge is 0.268 e. The highest BCUT2D eigenvalue weighted by Crippen LogP contribution is 2.32. The molecule has 2 rings (SSSR count). The van der Waals surface area contributed by atoms with Crippen LogP contribution in [0.15, 0.2) is 12.1 Å². The molecule has 1 heterocycles. The van der Waals surface area contributed by atoms with Crippen molar-refractivity contribution in [3.63, 3.8) is 0 Å². The van der Waals surface area contributed by atoms with E-state index in [9.17, 15) is 0 Å². The molecule has 0 aliphatic heterocycles. The van der Waals surface area contributed by atoms with Gasteiger partial charge in [0.1, 0.15) is 5.82 Å². The zero-order chi connectivity index (χ0) is 12.6. The number of rotatable bonds is 2. The predicted molar refractivity (Wildman–Crippen MR) is 70.8 cm³/mol. The lowest BCUT2D eigenvalue weighted by Crippen LogP contribution is -2.01. The third-order valence-corrected chi connectivity index (χ3v) is 3.51. The second-order valence-corrected chi connectivity index (χ2v) is 4.85. The molecular weight excluding hydrogens is 304 g/mol. The minimum absolute atomic E-state index is 0.238. The summed E-state index contributed by atoms with van der Waals surface area (Å²) in [5.74, 6) is 0.704. The highest BCUT2D eigenvalue weighted by Gasteiger charge is 2.15. The third kappa shape index (κ3) is 2.38. The molecular formula is C10H7Cl4N3. The SMILES string of the molecule is CCc1nnc(Cl)n1-c1cc(Cl)c(Cl)cc1Cl. The summed E-state index contributed by atoms with van der Waals surface area (Å²) in [5.41, 5.74) is 0.618. The predicted octanol–water partition coefficient (Wildman–Crippen LogP) is 4.44. The van der Waals surface area contributed by atoms with Crippen LogP contribution in [0.5, 0.6) is 0 Å². The second-order valence-electron chi connectivity index (χ2n) is 3.29. The van der Waals surface area contributed by atoms with Crippen molar-refractivity contribution in [2.24, 2.45) is 0 Å². The number of hydrogen-bond acceptors (Lipinski definition) is 2. The van der Waals surface area contributed by atoms with Gasteiger partial charge in [-0.15, -0.1) is 10.2 Å². The molecule has 0 atom stereocenters. The maximum absolute atomic E-state index is 6.12. The molecule has 2 aromatic rings. The average Bonchev–Trinajstić information content (AvgIpc) is 2.65. The van der Waals surface area contributed by atoms with Gasteiger partial charge in [0.2, 0.25) is 5.28 Å². The highest BCUT2D eigenvalue weighted by molar-refractivity contribution is 6.43. The molecule has 1 aromatic carbocycles. The molecule has 90 valence electrons. The monoisotopic (exact) mass is 309 g/mol. The summed E-state index contributed by atoms with van der Waals surface area (Å²) in [6.07, 6.45) is 0.677. The summed E-state index contributed by atoms with van der Waals surface area (Å²) in [6.45, 7) is 1.95. The van der Waals surface area contributed by atoms with Gasteiger partial charge in [-0.1, -0.05) is 41.7 Å². The van der Waals surface area contributed by atoms with E-state index in [0.717, 1.165) is 0 Å². The van der Waals surface area contributed by atoms with E-state index in [1.807, 2.05) is 6.92 Å². The fraction of sp³-hybridized carbons (Fsp3) is 0.200. The summed E-state index contributed by atoms with van der Waals surface area (Å²) in [7, 11) is 0. The van der Waals surface area contributed by atoms with Crippen molar-refractivity contribution < 1.29 is 0 Å². The lowest BCUT2D eigenvalue weighted by atomic mass is 10.3. The van der Waals surface area contributed by atoms with E-state index >= 15 is 0 Å². The maximum atomic E-state index is 6.12. The lowest BCUT2D eigenvalue weighted by Gasteiger charge is -2.10. The van der Waals surface area contributed by atoms with Crippen molar-refractivity contribution in [3.8, 4) is 5.69 Å². The highest BCUT2D eigenvalue weighted by atomic mass is 35.5. The number of halogens is 4. The minimum Gasteiger partial charge on any atom is -0.268 e. The van der Waals surface area contributed by atoms with Crippen LogP contribution < -0.4 is 0 Å². The zero-order valence-electron chi connectivity index (χ0n) is 8.72. The van der Waals surface area contributed by atoms with E-state index in [1.54, 1.807) is 16.7 Å². The molecule has 0 N–H and O–H groups in total. The molecule has 17 heavy (non-hydrogen) atoms. The maximum Gasteiger partial charge on any atom is 0.229 e. The molecule has 0 unspecified atom stereocenters. The Kier molecular flexibility index (Phi) is 3.83. The van der Waals surface area contributed by atoms with Crippen LogP contribution in [0, 0.1) is 0 Å². The zero-order valence-corrected chi connectivity index (χ0v) is 11.7. The number of aromatic nitrogens is 3. The van der Waals surface area contributed by atoms with E-state index in [4.69, 9.17) is 46.4 Å². The molecule has 0 saturated carbocycles. The Balaban J connectivity index is 2.68. The minimum atomic E-state index is 0.238. The van der Waals surface area contributed by atoms with Gasteiger partial charge in [-0.2, -0.15) is 0 Å². The van der Waals surface area contributed by atoms with Gasteiger partial charge in [0, 0.05) is 6.42 Å². The number of hydrogen-bond donors (Lipinski definition) is 0. The normalized spacial score (nSPS) is 10.9. The standard InChI is InChI=1S/C10H7Cl4N3/c1-2-9-15-16-10(14)17(9)8-4-6(12)5(11)3-7(8)13/h3-4H,2H2,1H3. The van der Waals surface area contributed by atoms with E-state index in [-0.39, 0.29) is 5.28 Å². The molecule has 0 fully saturated rings. The Morgan fingerprint density at radius 3 is 2.29 bits per heavy atom. The van der Waals surface area contributed by atoms with E-state index in [1.165, 1.54) is 0 Å². The molecule has 0 saturated heterocycles. The summed E-state index contributed by atoms with van der Waals surface area (Å²) in [5, 5.41) is 9.22. The molecule has 0 amide bonds. The van der Waals surface area contributed by atoms with Crippen molar-refractivity contribution in [2.45, 2.75) is 13.3 Å². The van der Waals surface area contributed by atoms with Crippen LogP contribution in [-0.4, -0.2) is 14.8 Å². The first kappa shape index (κ1) is 13.0. The first-order valence-corrected chi connectivity index (χ1v) is 6.30. The van der Waals surface area contributed by atoms with Gasteiger partial charge in [0.05, 0.1) is 20.8 Å². The van der Waals surface area contributed by atoms with Crippen LogP contribution in [0.2, 0.25) is 20.4 Å². The third-order valence-electron chi connectivity index (χ3n) is 2.24. The molecule has 1 aromatic heterocycles. The summed E-state index contributed by atoms with van der Waals surface area (Å²) in [4.78, 5) is 0. The van der Waals surface area contributed by atoms with E-state index in [2.05, 4.69) is 10.2 Å². The van der Waals surface area contributed by atoms with Gasteiger partial charge >= 0.3 is 0 Å². The summed E-state index contributed by atoms with van der Waals surface area (Å²) >= 11 is 23.9. The van der Waals surface area contributed by atoms with Gasteiger partial charge in [-0.25, -0.2) is 0 Å². The molecule has 3 nitrogen and oxygen atoms in total. The number of aryl methyl sites for hydroxylation is 1. The van der Waals surface area contributed by atoms with Crippen molar-refractivity contribution in [1.29, 1.82) is 0 Å². The van der Waals surface area contributed by atoms with Gasteiger partial charge in [0.25, 0.3) is 0 Å². The quantitative estimate of drug-likeness (QED) is 0.768. The first-order chi connectivity index (χ1) is 8.04. The van der Waals surface area contributed by atoms with E-state index < -0.39 is 0 Å². The van der Waals surface area contributed by atoms with Crippen LogP contribution in [-0.2, 0) is 6.42 Å². The molecule has 0 aliphatic carbocycles. The second kappa shape index (κ2) is 5.02.